The molecule has 0 aliphatic carbocycles. The lowest BCUT2D eigenvalue weighted by atomic mass is 9.83. The van der Waals surface area contributed by atoms with Crippen molar-refractivity contribution in [2.45, 2.75) is 64.4 Å². The fourth-order valence-electron chi connectivity index (χ4n) is 2.55. The third kappa shape index (κ3) is 5.49. The van der Waals surface area contributed by atoms with Gasteiger partial charge in [-0.05, 0) is 31.2 Å². The smallest absolute Gasteiger partial charge is 0.153 e. The van der Waals surface area contributed by atoms with Gasteiger partial charge in [-0.1, -0.05) is 75.7 Å². The van der Waals surface area contributed by atoms with E-state index in [0.29, 0.717) is 0 Å². The number of unbranched alkanes of at least 4 members (excludes halogenated alkanes) is 3. The summed E-state index contributed by atoms with van der Waals surface area (Å²) in [7, 11) is 0.0403. The monoisotopic (exact) mass is 341 g/mol. The Balaban J connectivity index is 3.08. The Morgan fingerprint density at radius 3 is 2.33 bits per heavy atom. The fourth-order valence-corrected chi connectivity index (χ4v) is 3.95. The van der Waals surface area contributed by atoms with Gasteiger partial charge in [0, 0.05) is 4.86 Å². The van der Waals surface area contributed by atoms with Gasteiger partial charge in [-0.15, -0.1) is 0 Å². The van der Waals surface area contributed by atoms with Crippen molar-refractivity contribution in [2.75, 3.05) is 0 Å². The molecule has 0 fully saturated rings. The molecule has 0 spiro atoms. The van der Waals surface area contributed by atoms with E-state index in [4.69, 9.17) is 28.5 Å². The van der Waals surface area contributed by atoms with E-state index in [9.17, 15) is 0 Å². The summed E-state index contributed by atoms with van der Waals surface area (Å²) < 4.78 is 6.12. The summed E-state index contributed by atoms with van der Waals surface area (Å²) in [6, 6.07) is 10.4. The van der Waals surface area contributed by atoms with Crippen molar-refractivity contribution in [1.29, 1.82) is 0 Å². The number of benzene rings is 1. The van der Waals surface area contributed by atoms with Crippen LogP contribution in [0.4, 0.5) is 0 Å². The predicted octanol–water partition coefficient (Wildman–Crippen LogP) is 6.09. The first kappa shape index (κ1) is 18.8. The minimum atomic E-state index is -0.457. The second kappa shape index (κ2) is 10.5. The van der Waals surface area contributed by atoms with Crippen molar-refractivity contribution in [1.82, 2.24) is 0 Å². The summed E-state index contributed by atoms with van der Waals surface area (Å²) >= 11 is 10.9. The second-order valence-corrected chi connectivity index (χ2v) is 6.73. The van der Waals surface area contributed by atoms with Gasteiger partial charge in [-0.2, -0.15) is 4.52 Å². The first-order valence-corrected chi connectivity index (χ1v) is 10.3. The number of rotatable bonds is 11. The van der Waals surface area contributed by atoms with E-state index in [1.807, 2.05) is 6.07 Å². The summed E-state index contributed by atoms with van der Waals surface area (Å²) in [6.45, 7) is 4.41. The van der Waals surface area contributed by atoms with Crippen molar-refractivity contribution < 1.29 is 4.52 Å². The van der Waals surface area contributed by atoms with Gasteiger partial charge in [-0.25, -0.2) is 0 Å². The molecule has 0 aliphatic rings. The van der Waals surface area contributed by atoms with Crippen molar-refractivity contribution in [3.05, 3.63) is 35.9 Å². The van der Waals surface area contributed by atoms with E-state index in [1.165, 1.54) is 18.4 Å². The maximum Gasteiger partial charge on any atom is 0.323 e. The number of hydrogen-bond donors (Lipinski definition) is 0. The molecule has 4 heteroatoms. The van der Waals surface area contributed by atoms with Gasteiger partial charge < -0.3 is 0 Å². The molecule has 2 atom stereocenters. The first-order valence-electron chi connectivity index (χ1n) is 7.85. The van der Waals surface area contributed by atoms with Crippen LogP contribution in [0, 0.1) is 0 Å². The van der Waals surface area contributed by atoms with Crippen LogP contribution in [-0.4, -0.2) is 4.86 Å². The Hall–Kier alpha value is -0.210. The van der Waals surface area contributed by atoms with Crippen molar-refractivity contribution in [3.63, 3.8) is 0 Å². The molecule has 0 saturated heterocycles. The summed E-state index contributed by atoms with van der Waals surface area (Å²) in [5.41, 5.74) is 0.709. The Morgan fingerprint density at radius 2 is 1.76 bits per heavy atom. The van der Waals surface area contributed by atoms with Crippen LogP contribution in [0.5, 0.6) is 0 Å². The van der Waals surface area contributed by atoms with Crippen LogP contribution in [0.25, 0.3) is 0 Å². The van der Waals surface area contributed by atoms with E-state index in [-0.39, 0.29) is 7.58 Å². The van der Waals surface area contributed by atoms with E-state index in [1.54, 1.807) is 0 Å². The molecule has 1 rings (SSSR count). The minimum Gasteiger partial charge on any atom is -0.153 e. The van der Waals surface area contributed by atoms with E-state index < -0.39 is 5.60 Å². The highest BCUT2D eigenvalue weighted by Gasteiger charge is 2.40. The average Bonchev–Trinajstić information content (AvgIpc) is 2.52. The molecule has 2 unspecified atom stereocenters. The SMILES string of the molecule is CCCCCC(O[PH+]=S)(C(=S)CCCC)c1ccccc1. The van der Waals surface area contributed by atoms with Crippen LogP contribution in [0.3, 0.4) is 0 Å². The van der Waals surface area contributed by atoms with Crippen molar-refractivity contribution in [3.8, 4) is 0 Å². The maximum absolute atomic E-state index is 6.12. The first-order chi connectivity index (χ1) is 10.2. The van der Waals surface area contributed by atoms with Gasteiger partial charge >= 0.3 is 7.58 Å². The van der Waals surface area contributed by atoms with Crippen LogP contribution >= 0.6 is 19.8 Å². The lowest BCUT2D eigenvalue weighted by Gasteiger charge is -2.30. The van der Waals surface area contributed by atoms with Crippen LogP contribution < -0.4 is 0 Å². The predicted molar refractivity (Wildman–Crippen MR) is 101 cm³/mol. The molecule has 0 heterocycles. The molecule has 21 heavy (non-hydrogen) atoms. The van der Waals surface area contributed by atoms with Gasteiger partial charge in [0.25, 0.3) is 0 Å². The highest BCUT2D eigenvalue weighted by Crippen LogP contribution is 2.38. The Kier molecular flexibility index (Phi) is 9.42. The molecule has 0 radical (unpaired) electrons. The maximum atomic E-state index is 6.12. The molecule has 1 aromatic rings. The van der Waals surface area contributed by atoms with E-state index in [2.05, 4.69) is 38.1 Å². The normalized spacial score (nSPS) is 14.0. The third-order valence-electron chi connectivity index (χ3n) is 3.80. The number of hydrogen-bond acceptors (Lipinski definition) is 3. The van der Waals surface area contributed by atoms with Gasteiger partial charge in [0.2, 0.25) is 0 Å². The van der Waals surface area contributed by atoms with Gasteiger partial charge in [-0.3, -0.25) is 0 Å². The lowest BCUT2D eigenvalue weighted by molar-refractivity contribution is 0.156. The molecule has 0 amide bonds. The standard InChI is InChI=1S/C17H25OPS2/c1-3-5-10-14-17(18-19-21,16(20)13-6-4-2)15-11-8-7-9-12-15/h7-9,11-12H,3-6,10,13-14H2,1-2H3/p+1. The largest absolute Gasteiger partial charge is 0.323 e. The molecule has 0 N–H and O–H groups in total. The highest BCUT2D eigenvalue weighted by atomic mass is 32.4. The molecule has 116 valence electrons. The Morgan fingerprint density at radius 1 is 1.10 bits per heavy atom. The Bertz CT molecular complexity index is 436. The van der Waals surface area contributed by atoms with E-state index >= 15 is 0 Å². The summed E-state index contributed by atoms with van der Waals surface area (Å²) in [6.07, 6.45) is 7.67. The second-order valence-electron chi connectivity index (χ2n) is 5.36. The molecule has 0 aliphatic heterocycles. The molecule has 0 aromatic heterocycles. The summed E-state index contributed by atoms with van der Waals surface area (Å²) in [5, 5.41) is 0. The highest BCUT2D eigenvalue weighted by molar-refractivity contribution is 7.94. The summed E-state index contributed by atoms with van der Waals surface area (Å²) in [5.74, 6) is 0. The summed E-state index contributed by atoms with van der Waals surface area (Å²) in [4.78, 5) is 1.02. The fraction of sp³-hybridized carbons (Fsp3) is 0.588. The lowest BCUT2D eigenvalue weighted by Crippen LogP contribution is -2.35. The van der Waals surface area contributed by atoms with Crippen molar-refractivity contribution >= 4 is 36.5 Å². The zero-order valence-electron chi connectivity index (χ0n) is 13.1. The molecular weight excluding hydrogens is 315 g/mol. The van der Waals surface area contributed by atoms with Gasteiger partial charge in [0.1, 0.15) is 0 Å². The van der Waals surface area contributed by atoms with Crippen molar-refractivity contribution in [2.24, 2.45) is 0 Å². The quantitative estimate of drug-likeness (QED) is 0.274. The molecule has 1 nitrogen and oxygen atoms in total. The zero-order valence-corrected chi connectivity index (χ0v) is 15.7. The topological polar surface area (TPSA) is 9.23 Å². The van der Waals surface area contributed by atoms with E-state index in [0.717, 1.165) is 37.0 Å². The van der Waals surface area contributed by atoms with Crippen LogP contribution in [0.15, 0.2) is 30.3 Å². The molecular formula is C17H26OPS2+. The van der Waals surface area contributed by atoms with Crippen LogP contribution in [-0.2, 0) is 21.9 Å². The molecule has 0 saturated carbocycles. The van der Waals surface area contributed by atoms with Gasteiger partial charge in [0.15, 0.2) is 17.4 Å². The third-order valence-corrected chi connectivity index (χ3v) is 5.01. The minimum absolute atomic E-state index is 0.0403. The molecule has 0 bridgehead atoms. The van der Waals surface area contributed by atoms with Crippen LogP contribution in [0.2, 0.25) is 0 Å². The Labute approximate surface area is 141 Å². The van der Waals surface area contributed by atoms with Gasteiger partial charge in [0.05, 0.1) is 0 Å². The number of thiocarbonyl (C=S) groups is 1. The molecule has 1 aromatic carbocycles. The van der Waals surface area contributed by atoms with Crippen LogP contribution in [0.1, 0.15) is 64.4 Å². The zero-order chi connectivity index (χ0) is 15.6. The average molecular weight is 342 g/mol.